The fraction of sp³-hybridized carbons (Fsp3) is 0.800. The Morgan fingerprint density at radius 2 is 2.57 bits per heavy atom. The molecule has 1 rings (SSSR count). The van der Waals surface area contributed by atoms with Crippen molar-refractivity contribution in [1.29, 1.82) is 0 Å². The van der Waals surface area contributed by atoms with Gasteiger partial charge in [0.2, 0.25) is 6.04 Å². The highest BCUT2D eigenvalue weighted by molar-refractivity contribution is 4.81. The summed E-state index contributed by atoms with van der Waals surface area (Å²) in [7, 11) is 0. The van der Waals surface area contributed by atoms with Gasteiger partial charge in [-0.15, -0.1) is 0 Å². The molecule has 1 aliphatic heterocycles. The molecule has 0 N–H and O–H groups in total. The number of hydrogen-bond donors (Lipinski definition) is 0. The van der Waals surface area contributed by atoms with E-state index in [-0.39, 0.29) is 6.04 Å². The third-order valence-corrected chi connectivity index (χ3v) is 1.09. The van der Waals surface area contributed by atoms with Gasteiger partial charge in [-0.1, -0.05) is 0 Å². The first-order chi connectivity index (χ1) is 3.43. The lowest BCUT2D eigenvalue weighted by atomic mass is 10.3. The Balaban J connectivity index is 2.31. The first-order valence-electron chi connectivity index (χ1n) is 2.38. The van der Waals surface area contributed by atoms with Gasteiger partial charge in [-0.2, -0.15) is 0 Å². The van der Waals surface area contributed by atoms with Gasteiger partial charge in [0.1, 0.15) is 6.61 Å². The van der Waals surface area contributed by atoms with Crippen LogP contribution in [0.15, 0.2) is 0 Å². The Kier molecular flexibility index (Phi) is 1.28. The quantitative estimate of drug-likeness (QED) is 0.405. The molecule has 1 atom stereocenters. The van der Waals surface area contributed by atoms with E-state index in [0.717, 1.165) is 13.0 Å². The Morgan fingerprint density at radius 3 is 2.86 bits per heavy atom. The predicted octanol–water partition coefficient (Wildman–Crippen LogP) is 0.695. The zero-order valence-electron chi connectivity index (χ0n) is 4.05. The summed E-state index contributed by atoms with van der Waals surface area (Å²) < 4.78 is 4.93. The van der Waals surface area contributed by atoms with Gasteiger partial charge in [0.25, 0.3) is 0 Å². The second-order valence-corrected chi connectivity index (χ2v) is 1.65. The third kappa shape index (κ3) is 0.908. The van der Waals surface area contributed by atoms with Crippen LogP contribution < -0.4 is 0 Å². The molecule has 1 heterocycles. The van der Waals surface area contributed by atoms with Crippen molar-refractivity contribution in [3.05, 3.63) is 11.4 Å². The van der Waals surface area contributed by atoms with Gasteiger partial charge in [0.15, 0.2) is 0 Å². The molecule has 1 saturated heterocycles. The van der Waals surface area contributed by atoms with Crippen LogP contribution in [0.3, 0.4) is 0 Å². The van der Waals surface area contributed by atoms with Crippen molar-refractivity contribution in [3.63, 3.8) is 0 Å². The summed E-state index contributed by atoms with van der Waals surface area (Å²) in [5.74, 6) is 0. The molecule has 0 aromatic carbocycles. The molecule has 2 nitrogen and oxygen atoms in total. The number of rotatable bonds is 0. The van der Waals surface area contributed by atoms with Crippen LogP contribution >= 0.6 is 0 Å². The summed E-state index contributed by atoms with van der Waals surface area (Å²) in [4.78, 5) is 3.31. The van der Waals surface area contributed by atoms with E-state index in [2.05, 4.69) is 4.85 Å². The van der Waals surface area contributed by atoms with E-state index >= 15 is 0 Å². The molecule has 1 fully saturated rings. The summed E-state index contributed by atoms with van der Waals surface area (Å²) in [6, 6.07) is 0.167. The number of hydrogen-bond acceptors (Lipinski definition) is 1. The van der Waals surface area contributed by atoms with Crippen molar-refractivity contribution in [3.8, 4) is 0 Å². The molecule has 1 aliphatic rings. The zero-order chi connectivity index (χ0) is 5.11. The van der Waals surface area contributed by atoms with E-state index in [1.807, 2.05) is 0 Å². The van der Waals surface area contributed by atoms with Crippen LogP contribution in [0.1, 0.15) is 6.42 Å². The van der Waals surface area contributed by atoms with Gasteiger partial charge in [0, 0.05) is 6.42 Å². The SMILES string of the molecule is [C-]#[N+][C@H]1CCOC1. The number of ether oxygens (including phenoxy) is 1. The second kappa shape index (κ2) is 1.94. The van der Waals surface area contributed by atoms with Crippen LogP contribution in [0.2, 0.25) is 0 Å². The van der Waals surface area contributed by atoms with Gasteiger partial charge in [-0.3, -0.25) is 0 Å². The first kappa shape index (κ1) is 4.61. The standard InChI is InChI=1S/C5H7NO/c1-6-5-2-3-7-4-5/h5H,2-4H2/t5-/m0/s1. The maximum absolute atomic E-state index is 6.54. The Morgan fingerprint density at radius 1 is 1.71 bits per heavy atom. The van der Waals surface area contributed by atoms with Crippen LogP contribution in [0.25, 0.3) is 4.85 Å². The Hall–Kier alpha value is -0.550. The van der Waals surface area contributed by atoms with E-state index in [4.69, 9.17) is 11.3 Å². The normalized spacial score (nSPS) is 29.9. The van der Waals surface area contributed by atoms with Gasteiger partial charge in [0.05, 0.1) is 6.61 Å². The monoisotopic (exact) mass is 97.1 g/mol. The van der Waals surface area contributed by atoms with Crippen LogP contribution in [-0.2, 0) is 4.74 Å². The average molecular weight is 97.1 g/mol. The van der Waals surface area contributed by atoms with Crippen molar-refractivity contribution in [2.75, 3.05) is 13.2 Å². The zero-order valence-corrected chi connectivity index (χ0v) is 4.05. The lowest BCUT2D eigenvalue weighted by Crippen LogP contribution is -1.97. The highest BCUT2D eigenvalue weighted by Crippen LogP contribution is 2.06. The Labute approximate surface area is 42.9 Å². The molecule has 0 aliphatic carbocycles. The van der Waals surface area contributed by atoms with Crippen molar-refractivity contribution >= 4 is 0 Å². The van der Waals surface area contributed by atoms with Crippen molar-refractivity contribution < 1.29 is 4.74 Å². The van der Waals surface area contributed by atoms with E-state index in [1.54, 1.807) is 0 Å². The molecule has 38 valence electrons. The first-order valence-corrected chi connectivity index (χ1v) is 2.38. The molecular weight excluding hydrogens is 90.1 g/mol. The van der Waals surface area contributed by atoms with Crippen molar-refractivity contribution in [2.45, 2.75) is 12.5 Å². The summed E-state index contributed by atoms with van der Waals surface area (Å²) in [5.41, 5.74) is 0. The van der Waals surface area contributed by atoms with Gasteiger partial charge < -0.3 is 9.58 Å². The molecule has 0 amide bonds. The molecular formula is C5H7NO. The molecule has 7 heavy (non-hydrogen) atoms. The maximum atomic E-state index is 6.54. The molecule has 2 heteroatoms. The minimum absolute atomic E-state index is 0.167. The lowest BCUT2D eigenvalue weighted by Gasteiger charge is -1.83. The smallest absolute Gasteiger partial charge is 0.248 e. The molecule has 0 radical (unpaired) electrons. The molecule has 0 bridgehead atoms. The summed E-state index contributed by atoms with van der Waals surface area (Å²) in [6.45, 7) is 7.99. The molecule has 0 spiro atoms. The second-order valence-electron chi connectivity index (χ2n) is 1.65. The van der Waals surface area contributed by atoms with E-state index in [0.29, 0.717) is 6.61 Å². The van der Waals surface area contributed by atoms with E-state index in [9.17, 15) is 0 Å². The van der Waals surface area contributed by atoms with Crippen molar-refractivity contribution in [1.82, 2.24) is 0 Å². The fourth-order valence-corrected chi connectivity index (χ4v) is 0.624. The predicted molar refractivity (Wildman–Crippen MR) is 25.8 cm³/mol. The van der Waals surface area contributed by atoms with Crippen LogP contribution in [0.5, 0.6) is 0 Å². The van der Waals surface area contributed by atoms with E-state index < -0.39 is 0 Å². The fourth-order valence-electron chi connectivity index (χ4n) is 0.624. The van der Waals surface area contributed by atoms with Gasteiger partial charge in [-0.25, -0.2) is 6.57 Å². The summed E-state index contributed by atoms with van der Waals surface area (Å²) in [5, 5.41) is 0. The summed E-state index contributed by atoms with van der Waals surface area (Å²) >= 11 is 0. The molecule has 0 saturated carbocycles. The lowest BCUT2D eigenvalue weighted by molar-refractivity contribution is 0.196. The third-order valence-electron chi connectivity index (χ3n) is 1.09. The highest BCUT2D eigenvalue weighted by atomic mass is 16.5. The van der Waals surface area contributed by atoms with Gasteiger partial charge >= 0.3 is 0 Å². The van der Waals surface area contributed by atoms with Crippen LogP contribution in [-0.4, -0.2) is 19.3 Å². The molecule has 0 unspecified atom stereocenters. The topological polar surface area (TPSA) is 13.6 Å². The van der Waals surface area contributed by atoms with Crippen LogP contribution in [0.4, 0.5) is 0 Å². The van der Waals surface area contributed by atoms with Crippen molar-refractivity contribution in [2.24, 2.45) is 0 Å². The molecule has 0 aromatic rings. The molecule has 0 aromatic heterocycles. The van der Waals surface area contributed by atoms with Gasteiger partial charge in [-0.05, 0) is 0 Å². The minimum Gasteiger partial charge on any atom is -0.373 e. The Bertz CT molecular complexity index is 88.7. The van der Waals surface area contributed by atoms with Crippen LogP contribution in [0, 0.1) is 6.57 Å². The highest BCUT2D eigenvalue weighted by Gasteiger charge is 2.18. The van der Waals surface area contributed by atoms with E-state index in [1.165, 1.54) is 0 Å². The largest absolute Gasteiger partial charge is 0.373 e. The maximum Gasteiger partial charge on any atom is 0.248 e. The minimum atomic E-state index is 0.167. The average Bonchev–Trinajstić information content (AvgIpc) is 2.14. The summed E-state index contributed by atoms with van der Waals surface area (Å²) in [6.07, 6.45) is 0.934. The number of nitrogens with zero attached hydrogens (tertiary/aromatic N) is 1.